The maximum Gasteiger partial charge on any atom is 0.397 e. The van der Waals surface area contributed by atoms with Gasteiger partial charge in [0, 0.05) is 13.1 Å². The van der Waals surface area contributed by atoms with Gasteiger partial charge >= 0.3 is 6.18 Å². The van der Waals surface area contributed by atoms with Gasteiger partial charge in [-0.3, -0.25) is 4.79 Å². The lowest BCUT2D eigenvalue weighted by Crippen LogP contribution is -2.33. The second-order valence-corrected chi connectivity index (χ2v) is 9.02. The van der Waals surface area contributed by atoms with Gasteiger partial charge in [0.1, 0.15) is 18.1 Å². The number of halogens is 6. The summed E-state index contributed by atoms with van der Waals surface area (Å²) < 4.78 is 65.6. The first-order valence-corrected chi connectivity index (χ1v) is 11.2. The number of nitrogen functional groups attached to an aromatic ring is 1. The lowest BCUT2D eigenvalue weighted by molar-refractivity contribution is -0.160. The third-order valence-electron chi connectivity index (χ3n) is 6.26. The van der Waals surface area contributed by atoms with Crippen molar-refractivity contribution in [3.05, 3.63) is 64.2 Å². The van der Waals surface area contributed by atoms with E-state index >= 15 is 0 Å². The maximum atomic E-state index is 14.1. The van der Waals surface area contributed by atoms with Gasteiger partial charge in [-0.05, 0) is 85.4 Å². The normalized spacial score (nSPS) is 17.4. The van der Waals surface area contributed by atoms with Gasteiger partial charge in [0.15, 0.2) is 0 Å². The Bertz CT molecular complexity index is 982. The van der Waals surface area contributed by atoms with Crippen molar-refractivity contribution >= 4 is 23.2 Å². The molecule has 33 heavy (non-hydrogen) atoms. The fourth-order valence-electron chi connectivity index (χ4n) is 4.45. The number of likely N-dealkylation sites (tertiary alicyclic amines) is 1. The number of hydrogen-bond acceptors (Lipinski definition) is 2. The van der Waals surface area contributed by atoms with E-state index in [0.717, 1.165) is 17.7 Å². The molecule has 3 rings (SSSR count). The topological polar surface area (TPSA) is 46.3 Å². The summed E-state index contributed by atoms with van der Waals surface area (Å²) in [6, 6.07) is 8.65. The highest BCUT2D eigenvalue weighted by Crippen LogP contribution is 2.33. The van der Waals surface area contributed by atoms with Gasteiger partial charge in [-0.25, -0.2) is 8.78 Å². The number of carbonyl (C=O) groups excluding carboxylic acids is 1. The van der Waals surface area contributed by atoms with Crippen LogP contribution in [0.25, 0.3) is 0 Å². The van der Waals surface area contributed by atoms with E-state index in [1.165, 1.54) is 11.0 Å². The first-order chi connectivity index (χ1) is 15.5. The average molecular weight is 489 g/mol. The fourth-order valence-corrected chi connectivity index (χ4v) is 4.65. The molecule has 2 N–H and O–H groups in total. The van der Waals surface area contributed by atoms with E-state index in [4.69, 9.17) is 17.3 Å². The van der Waals surface area contributed by atoms with Crippen molar-refractivity contribution in [3.8, 4) is 0 Å². The quantitative estimate of drug-likeness (QED) is 0.356. The van der Waals surface area contributed by atoms with Crippen LogP contribution in [0.2, 0.25) is 5.02 Å². The number of benzene rings is 2. The summed E-state index contributed by atoms with van der Waals surface area (Å²) in [5.41, 5.74) is 7.44. The molecule has 1 unspecified atom stereocenters. The van der Waals surface area contributed by atoms with E-state index in [2.05, 4.69) is 0 Å². The molecular weight excluding hydrogens is 463 g/mol. The van der Waals surface area contributed by atoms with Crippen LogP contribution < -0.4 is 5.73 Å². The molecule has 1 heterocycles. The predicted octanol–water partition coefficient (Wildman–Crippen LogP) is 6.18. The van der Waals surface area contributed by atoms with E-state index in [-0.39, 0.29) is 30.5 Å². The van der Waals surface area contributed by atoms with Crippen LogP contribution in [0.3, 0.4) is 0 Å². The summed E-state index contributed by atoms with van der Waals surface area (Å²) in [6.45, 7) is 0.492. The van der Waals surface area contributed by atoms with Crippen molar-refractivity contribution in [1.29, 1.82) is 0 Å². The number of rotatable bonds is 8. The lowest BCUT2D eigenvalue weighted by atomic mass is 9.82. The molecule has 9 heteroatoms. The first kappa shape index (κ1) is 25.3. The highest BCUT2D eigenvalue weighted by molar-refractivity contribution is 6.33. The predicted molar refractivity (Wildman–Crippen MR) is 118 cm³/mol. The molecule has 1 saturated heterocycles. The van der Waals surface area contributed by atoms with Crippen LogP contribution in [0.15, 0.2) is 36.4 Å². The fraction of sp³-hybridized carbons (Fsp3) is 0.458. The third kappa shape index (κ3) is 7.32. The van der Waals surface area contributed by atoms with Crippen molar-refractivity contribution in [2.75, 3.05) is 18.8 Å². The number of aryl methyl sites for hydroxylation is 2. The molecule has 1 aliphatic heterocycles. The number of nitrogens with zero attached hydrogens (tertiary/aromatic N) is 1. The molecule has 2 atom stereocenters. The second-order valence-electron chi connectivity index (χ2n) is 8.61. The van der Waals surface area contributed by atoms with Crippen LogP contribution in [-0.2, 0) is 17.6 Å². The largest absolute Gasteiger partial charge is 0.398 e. The third-order valence-corrected chi connectivity index (χ3v) is 6.58. The molecule has 1 aliphatic rings. The standard InChI is InChI=1S/C24H26ClF5N2O/c25-20-11-15(2-8-22(20)31)1-3-16(4-5-17-12-19(26)6-7-21(17)27)18-9-10-32(14-18)23(33)13-24(28,29)30/h2,6-8,11-12,16,18H,1,3-5,9-10,13-14,31H2/t16?,18-/m0/s1. The number of nitrogens with two attached hydrogens (primary N) is 1. The first-order valence-electron chi connectivity index (χ1n) is 10.8. The van der Waals surface area contributed by atoms with Crippen molar-refractivity contribution in [2.45, 2.75) is 44.7 Å². The van der Waals surface area contributed by atoms with Gasteiger partial charge < -0.3 is 10.6 Å². The molecule has 3 nitrogen and oxygen atoms in total. The van der Waals surface area contributed by atoms with Gasteiger partial charge in [-0.2, -0.15) is 13.2 Å². The van der Waals surface area contributed by atoms with Gasteiger partial charge in [-0.15, -0.1) is 0 Å². The summed E-state index contributed by atoms with van der Waals surface area (Å²) in [5, 5.41) is 0.440. The molecule has 0 aliphatic carbocycles. The minimum absolute atomic E-state index is 0.00711. The highest BCUT2D eigenvalue weighted by Gasteiger charge is 2.37. The molecule has 2 aromatic rings. The van der Waals surface area contributed by atoms with E-state index < -0.39 is 30.1 Å². The molecule has 0 spiro atoms. The Morgan fingerprint density at radius 3 is 2.55 bits per heavy atom. The molecule has 180 valence electrons. The van der Waals surface area contributed by atoms with Crippen LogP contribution in [0.1, 0.15) is 36.8 Å². The minimum Gasteiger partial charge on any atom is -0.398 e. The summed E-state index contributed by atoms with van der Waals surface area (Å²) in [4.78, 5) is 13.3. The molecule has 1 amide bonds. The van der Waals surface area contributed by atoms with E-state index in [1.807, 2.05) is 6.07 Å². The van der Waals surface area contributed by atoms with Crippen LogP contribution in [0.4, 0.5) is 27.6 Å². The average Bonchev–Trinajstić information content (AvgIpc) is 3.22. The van der Waals surface area contributed by atoms with Crippen molar-refractivity contribution in [2.24, 2.45) is 11.8 Å². The molecule has 0 bridgehead atoms. The molecule has 0 radical (unpaired) electrons. The smallest absolute Gasteiger partial charge is 0.397 e. The summed E-state index contributed by atoms with van der Waals surface area (Å²) in [6.07, 6.45) is -3.31. The number of amides is 1. The Hall–Kier alpha value is -2.35. The number of carbonyl (C=O) groups is 1. The monoisotopic (exact) mass is 488 g/mol. The van der Waals surface area contributed by atoms with Gasteiger partial charge in [0.05, 0.1) is 10.7 Å². The minimum atomic E-state index is -4.54. The van der Waals surface area contributed by atoms with Crippen molar-refractivity contribution in [3.63, 3.8) is 0 Å². The summed E-state index contributed by atoms with van der Waals surface area (Å²) >= 11 is 6.10. The van der Waals surface area contributed by atoms with Gasteiger partial charge in [0.25, 0.3) is 0 Å². The second kappa shape index (κ2) is 10.7. The maximum absolute atomic E-state index is 14.1. The zero-order chi connectivity index (χ0) is 24.2. The van der Waals surface area contributed by atoms with Crippen LogP contribution in [0, 0.1) is 23.5 Å². The van der Waals surface area contributed by atoms with Crippen LogP contribution in [0.5, 0.6) is 0 Å². The van der Waals surface area contributed by atoms with Crippen LogP contribution in [-0.4, -0.2) is 30.1 Å². The number of hydrogen-bond donors (Lipinski definition) is 1. The molecule has 0 saturated carbocycles. The Balaban J connectivity index is 1.69. The highest BCUT2D eigenvalue weighted by atomic mass is 35.5. The number of anilines is 1. The van der Waals surface area contributed by atoms with Crippen molar-refractivity contribution < 1.29 is 26.7 Å². The SMILES string of the molecule is Nc1ccc(CCC(CCc2cc(F)ccc2F)[C@H]2CCN(C(=O)CC(F)(F)F)C2)cc1Cl. The van der Waals surface area contributed by atoms with Gasteiger partial charge in [-0.1, -0.05) is 17.7 Å². The van der Waals surface area contributed by atoms with E-state index in [9.17, 15) is 26.7 Å². The molecule has 2 aromatic carbocycles. The van der Waals surface area contributed by atoms with E-state index in [1.54, 1.807) is 12.1 Å². The lowest BCUT2D eigenvalue weighted by Gasteiger charge is -2.25. The van der Waals surface area contributed by atoms with Gasteiger partial charge in [0.2, 0.25) is 5.91 Å². The Morgan fingerprint density at radius 1 is 1.12 bits per heavy atom. The zero-order valence-electron chi connectivity index (χ0n) is 18.0. The van der Waals surface area contributed by atoms with Crippen LogP contribution >= 0.6 is 11.6 Å². The zero-order valence-corrected chi connectivity index (χ0v) is 18.7. The number of alkyl halides is 3. The molecule has 0 aromatic heterocycles. The summed E-state index contributed by atoms with van der Waals surface area (Å²) in [7, 11) is 0. The Labute approximate surface area is 194 Å². The van der Waals surface area contributed by atoms with E-state index in [0.29, 0.717) is 42.8 Å². The Morgan fingerprint density at radius 2 is 1.85 bits per heavy atom. The van der Waals surface area contributed by atoms with Crippen molar-refractivity contribution in [1.82, 2.24) is 4.90 Å². The Kier molecular flexibility index (Phi) is 8.21. The molecular formula is C24H26ClF5N2O. The molecule has 1 fully saturated rings. The summed E-state index contributed by atoms with van der Waals surface area (Å²) in [5.74, 6) is -1.96.